The summed E-state index contributed by atoms with van der Waals surface area (Å²) in [7, 11) is 0. The minimum absolute atomic E-state index is 0.268. The van der Waals surface area contributed by atoms with E-state index < -0.39 is 0 Å². The van der Waals surface area contributed by atoms with E-state index in [1.807, 2.05) is 48.2 Å². The van der Waals surface area contributed by atoms with E-state index in [4.69, 9.17) is 33.3 Å². The molecule has 1 aliphatic rings. The Bertz CT molecular complexity index is 727. The lowest BCUT2D eigenvalue weighted by molar-refractivity contribution is 0.174. The average molecular weight is 381 g/mol. The van der Waals surface area contributed by atoms with E-state index in [1.165, 1.54) is 0 Å². The maximum Gasteiger partial charge on any atom is 0.231 e. The van der Waals surface area contributed by atoms with Gasteiger partial charge in [-0.1, -0.05) is 29.8 Å². The second-order valence-electron chi connectivity index (χ2n) is 5.09. The number of thiocarbonyl (C=S) groups is 1. The second kappa shape index (κ2) is 8.46. The van der Waals surface area contributed by atoms with E-state index in [0.717, 1.165) is 45.8 Å². The molecule has 7 heteroatoms. The second-order valence-corrected chi connectivity index (χ2v) is 7.01. The first-order chi connectivity index (χ1) is 11.7. The summed E-state index contributed by atoms with van der Waals surface area (Å²) >= 11 is 13.3. The molecule has 0 atom stereocenters. The molecule has 2 aromatic carbocycles. The Hall–Kier alpha value is -1.63. The number of thioether (sulfide) groups is 1. The number of rotatable bonds is 6. The molecule has 24 heavy (non-hydrogen) atoms. The zero-order chi connectivity index (χ0) is 16.8. The van der Waals surface area contributed by atoms with Crippen LogP contribution in [0.25, 0.3) is 0 Å². The van der Waals surface area contributed by atoms with Crippen LogP contribution in [0.2, 0.25) is 5.02 Å². The van der Waals surface area contributed by atoms with Crippen molar-refractivity contribution in [1.82, 2.24) is 5.32 Å². The van der Waals surface area contributed by atoms with Crippen LogP contribution in [0.5, 0.6) is 11.5 Å². The van der Waals surface area contributed by atoms with Crippen LogP contribution in [0.1, 0.15) is 5.56 Å². The zero-order valence-electron chi connectivity index (χ0n) is 12.9. The van der Waals surface area contributed by atoms with E-state index >= 15 is 0 Å². The summed E-state index contributed by atoms with van der Waals surface area (Å²) in [6, 6.07) is 13.6. The summed E-state index contributed by atoms with van der Waals surface area (Å²) < 4.78 is 10.6. The van der Waals surface area contributed by atoms with Gasteiger partial charge >= 0.3 is 0 Å². The average Bonchev–Trinajstić information content (AvgIpc) is 3.04. The molecule has 2 N–H and O–H groups in total. The van der Waals surface area contributed by atoms with Gasteiger partial charge < -0.3 is 20.1 Å². The molecule has 0 saturated heterocycles. The number of fused-ring (bicyclic) bond motifs is 1. The summed E-state index contributed by atoms with van der Waals surface area (Å²) in [4.78, 5) is 0. The van der Waals surface area contributed by atoms with Gasteiger partial charge in [0.15, 0.2) is 16.6 Å². The molecule has 0 fully saturated rings. The lowest BCUT2D eigenvalue weighted by atomic mass is 10.2. The monoisotopic (exact) mass is 380 g/mol. The van der Waals surface area contributed by atoms with Crippen LogP contribution in [0.15, 0.2) is 42.5 Å². The fourth-order valence-electron chi connectivity index (χ4n) is 2.18. The van der Waals surface area contributed by atoms with Crippen LogP contribution in [0.3, 0.4) is 0 Å². The van der Waals surface area contributed by atoms with Crippen molar-refractivity contribution in [2.45, 2.75) is 5.75 Å². The molecule has 4 nitrogen and oxygen atoms in total. The number of halogens is 1. The summed E-state index contributed by atoms with van der Waals surface area (Å²) in [5.74, 6) is 3.33. The van der Waals surface area contributed by atoms with E-state index in [-0.39, 0.29) is 6.79 Å². The largest absolute Gasteiger partial charge is 0.454 e. The number of benzene rings is 2. The van der Waals surface area contributed by atoms with Crippen molar-refractivity contribution in [2.24, 2.45) is 0 Å². The lowest BCUT2D eigenvalue weighted by Gasteiger charge is -2.11. The first-order valence-corrected chi connectivity index (χ1v) is 9.42. The van der Waals surface area contributed by atoms with Gasteiger partial charge in [-0.3, -0.25) is 0 Å². The van der Waals surface area contributed by atoms with Gasteiger partial charge in [-0.15, -0.1) is 0 Å². The first-order valence-electron chi connectivity index (χ1n) is 7.48. The Kier molecular flexibility index (Phi) is 6.07. The Morgan fingerprint density at radius 3 is 2.88 bits per heavy atom. The standard InChI is InChI=1S/C17H17ClN2O2S2/c18-14-4-2-1-3-12(14)10-24-8-7-19-17(23)20-13-5-6-15-16(9-13)22-11-21-15/h1-6,9H,7-8,10-11H2,(H2,19,20,23). The summed E-state index contributed by atoms with van der Waals surface area (Å²) in [6.07, 6.45) is 0. The van der Waals surface area contributed by atoms with Crippen molar-refractivity contribution < 1.29 is 9.47 Å². The van der Waals surface area contributed by atoms with Crippen molar-refractivity contribution in [3.05, 3.63) is 53.1 Å². The lowest BCUT2D eigenvalue weighted by Crippen LogP contribution is -2.30. The van der Waals surface area contributed by atoms with E-state index in [2.05, 4.69) is 16.7 Å². The molecule has 0 amide bonds. The molecule has 0 radical (unpaired) electrons. The van der Waals surface area contributed by atoms with Gasteiger partial charge in [-0.2, -0.15) is 11.8 Å². The van der Waals surface area contributed by atoms with Crippen LogP contribution in [-0.2, 0) is 5.75 Å². The number of hydrogen-bond acceptors (Lipinski definition) is 4. The van der Waals surface area contributed by atoms with Crippen molar-refractivity contribution in [3.8, 4) is 11.5 Å². The summed E-state index contributed by atoms with van der Waals surface area (Å²) in [6.45, 7) is 1.05. The molecule has 0 unspecified atom stereocenters. The maximum atomic E-state index is 6.14. The highest BCUT2D eigenvalue weighted by atomic mass is 35.5. The van der Waals surface area contributed by atoms with Gasteiger partial charge in [0.25, 0.3) is 0 Å². The quantitative estimate of drug-likeness (QED) is 0.575. The first kappa shape index (κ1) is 17.2. The molecule has 0 bridgehead atoms. The highest BCUT2D eigenvalue weighted by Gasteiger charge is 2.13. The summed E-state index contributed by atoms with van der Waals surface area (Å²) in [5, 5.41) is 7.75. The Labute approximate surface area is 155 Å². The van der Waals surface area contributed by atoms with Crippen molar-refractivity contribution in [3.63, 3.8) is 0 Å². The summed E-state index contributed by atoms with van der Waals surface area (Å²) in [5.41, 5.74) is 2.03. The predicted molar refractivity (Wildman–Crippen MR) is 104 cm³/mol. The molecular weight excluding hydrogens is 364 g/mol. The number of anilines is 1. The molecule has 1 aliphatic heterocycles. The molecule has 1 heterocycles. The number of ether oxygens (including phenoxy) is 2. The predicted octanol–water partition coefficient (Wildman–Crippen LogP) is 4.29. The van der Waals surface area contributed by atoms with Crippen LogP contribution < -0.4 is 20.1 Å². The minimum atomic E-state index is 0.268. The van der Waals surface area contributed by atoms with E-state index in [0.29, 0.717) is 5.11 Å². The molecular formula is C17H17ClN2O2S2. The van der Waals surface area contributed by atoms with Gasteiger partial charge in [-0.25, -0.2) is 0 Å². The molecule has 3 rings (SSSR count). The van der Waals surface area contributed by atoms with Gasteiger partial charge in [-0.05, 0) is 36.0 Å². The minimum Gasteiger partial charge on any atom is -0.454 e. The number of nitrogens with one attached hydrogen (secondary N) is 2. The van der Waals surface area contributed by atoms with Crippen molar-refractivity contribution >= 4 is 46.4 Å². The van der Waals surface area contributed by atoms with Crippen molar-refractivity contribution in [1.29, 1.82) is 0 Å². The molecule has 0 spiro atoms. The van der Waals surface area contributed by atoms with Crippen molar-refractivity contribution in [2.75, 3.05) is 24.4 Å². The van der Waals surface area contributed by atoms with Gasteiger partial charge in [0, 0.05) is 34.8 Å². The Balaban J connectivity index is 1.36. The topological polar surface area (TPSA) is 42.5 Å². The fourth-order valence-corrected chi connectivity index (χ4v) is 3.55. The number of hydrogen-bond donors (Lipinski definition) is 2. The van der Waals surface area contributed by atoms with Crippen LogP contribution >= 0.6 is 35.6 Å². The van der Waals surface area contributed by atoms with E-state index in [9.17, 15) is 0 Å². The van der Waals surface area contributed by atoms with Gasteiger partial charge in [0.2, 0.25) is 6.79 Å². The maximum absolute atomic E-state index is 6.14. The van der Waals surface area contributed by atoms with Crippen LogP contribution in [-0.4, -0.2) is 24.2 Å². The third-order valence-electron chi connectivity index (χ3n) is 3.38. The highest BCUT2D eigenvalue weighted by Crippen LogP contribution is 2.34. The molecule has 126 valence electrons. The normalized spacial score (nSPS) is 12.0. The molecule has 0 saturated carbocycles. The zero-order valence-corrected chi connectivity index (χ0v) is 15.3. The Morgan fingerprint density at radius 1 is 1.17 bits per heavy atom. The van der Waals surface area contributed by atoms with E-state index in [1.54, 1.807) is 0 Å². The van der Waals surface area contributed by atoms with Gasteiger partial charge in [0.1, 0.15) is 0 Å². The van der Waals surface area contributed by atoms with Crippen LogP contribution in [0, 0.1) is 0 Å². The van der Waals surface area contributed by atoms with Crippen LogP contribution in [0.4, 0.5) is 5.69 Å². The van der Waals surface area contributed by atoms with Gasteiger partial charge in [0.05, 0.1) is 0 Å². The Morgan fingerprint density at radius 2 is 2.00 bits per heavy atom. The molecule has 0 aromatic heterocycles. The smallest absolute Gasteiger partial charge is 0.231 e. The highest BCUT2D eigenvalue weighted by molar-refractivity contribution is 7.98. The SMILES string of the molecule is S=C(NCCSCc1ccccc1Cl)Nc1ccc2c(c1)OCO2. The third-order valence-corrected chi connectivity index (χ3v) is 5.00. The molecule has 2 aromatic rings. The third kappa shape index (κ3) is 4.69. The molecule has 0 aliphatic carbocycles. The fraction of sp³-hybridized carbons (Fsp3) is 0.235.